The number of halogens is 2. The molecule has 0 saturated heterocycles. The lowest BCUT2D eigenvalue weighted by molar-refractivity contribution is 0.312. The molecule has 0 spiro atoms. The predicted molar refractivity (Wildman–Crippen MR) is 115 cm³/mol. The second-order valence-electron chi connectivity index (χ2n) is 8.16. The normalized spacial score (nSPS) is 18.3. The Morgan fingerprint density at radius 3 is 2.64 bits per heavy atom. The average molecular weight is 395 g/mol. The first kappa shape index (κ1) is 18.0. The minimum Gasteiger partial charge on any atom is -0.320 e. The van der Waals surface area contributed by atoms with Crippen molar-refractivity contribution in [2.45, 2.75) is 32.2 Å². The van der Waals surface area contributed by atoms with Crippen LogP contribution in [0.3, 0.4) is 0 Å². The van der Waals surface area contributed by atoms with Crippen LogP contribution >= 0.6 is 11.6 Å². The first-order chi connectivity index (χ1) is 13.6. The van der Waals surface area contributed by atoms with E-state index >= 15 is 0 Å². The van der Waals surface area contributed by atoms with Gasteiger partial charge in [0.25, 0.3) is 0 Å². The Balaban J connectivity index is 1.71. The molecule has 0 bridgehead atoms. The van der Waals surface area contributed by atoms with Gasteiger partial charge >= 0.3 is 0 Å². The van der Waals surface area contributed by atoms with Crippen LogP contribution in [0.4, 0.5) is 4.39 Å². The van der Waals surface area contributed by atoms with E-state index in [0.717, 1.165) is 30.1 Å². The third kappa shape index (κ3) is 3.07. The van der Waals surface area contributed by atoms with Gasteiger partial charge in [0.05, 0.1) is 5.52 Å². The van der Waals surface area contributed by atoms with Gasteiger partial charge in [-0.2, -0.15) is 0 Å². The fourth-order valence-corrected chi connectivity index (χ4v) is 4.74. The monoisotopic (exact) mass is 394 g/mol. The number of aromatic nitrogens is 1. The van der Waals surface area contributed by atoms with Crippen molar-refractivity contribution < 1.29 is 4.39 Å². The summed E-state index contributed by atoms with van der Waals surface area (Å²) < 4.78 is 15.9. The lowest BCUT2D eigenvalue weighted by Gasteiger charge is -2.29. The number of nitrogens with zero attached hydrogens (tertiary/aromatic N) is 2. The molecule has 1 saturated carbocycles. The summed E-state index contributed by atoms with van der Waals surface area (Å²) in [5.74, 6) is 0.371. The number of hydrogen-bond donors (Lipinski definition) is 0. The van der Waals surface area contributed by atoms with Crippen molar-refractivity contribution in [1.29, 1.82) is 0 Å². The highest BCUT2D eigenvalue weighted by atomic mass is 35.5. The van der Waals surface area contributed by atoms with Gasteiger partial charge < -0.3 is 9.47 Å². The van der Waals surface area contributed by atoms with Gasteiger partial charge in [0.15, 0.2) is 0 Å². The number of rotatable bonds is 3. The minimum absolute atomic E-state index is 0.182. The quantitative estimate of drug-likeness (QED) is 0.512. The summed E-state index contributed by atoms with van der Waals surface area (Å²) in [6.07, 6.45) is 7.03. The Kier molecular flexibility index (Phi) is 4.53. The van der Waals surface area contributed by atoms with Crippen molar-refractivity contribution in [3.8, 4) is 0 Å². The highest BCUT2D eigenvalue weighted by Crippen LogP contribution is 2.41. The molecule has 2 aliphatic rings. The van der Waals surface area contributed by atoms with Crippen molar-refractivity contribution in [2.24, 2.45) is 5.92 Å². The van der Waals surface area contributed by atoms with Crippen LogP contribution in [0.5, 0.6) is 0 Å². The zero-order valence-electron chi connectivity index (χ0n) is 16.1. The smallest absolute Gasteiger partial charge is 0.123 e. The van der Waals surface area contributed by atoms with Crippen LogP contribution in [0.1, 0.15) is 36.1 Å². The molecule has 144 valence electrons. The van der Waals surface area contributed by atoms with Gasteiger partial charge in [-0.1, -0.05) is 30.2 Å². The molecule has 0 atom stereocenters. The van der Waals surface area contributed by atoms with E-state index in [1.165, 1.54) is 47.0 Å². The molecule has 2 nitrogen and oxygen atoms in total. The molecule has 2 aromatic carbocycles. The van der Waals surface area contributed by atoms with Crippen molar-refractivity contribution in [3.05, 3.63) is 70.1 Å². The van der Waals surface area contributed by atoms with Crippen molar-refractivity contribution in [3.63, 3.8) is 0 Å². The topological polar surface area (TPSA) is 8.17 Å². The van der Waals surface area contributed by atoms with Crippen LogP contribution < -0.4 is 0 Å². The summed E-state index contributed by atoms with van der Waals surface area (Å²) in [5, 5.41) is 2.03. The zero-order valence-corrected chi connectivity index (χ0v) is 16.8. The van der Waals surface area contributed by atoms with E-state index < -0.39 is 0 Å². The first-order valence-corrected chi connectivity index (χ1v) is 10.5. The molecule has 5 rings (SSSR count). The SMILES string of the molecule is CN1CCc2c(c3cc(Cl)ccc3n2/C=C(/c2ccc(F)cc2)C2CCC2)C1. The van der Waals surface area contributed by atoms with E-state index in [1.54, 1.807) is 12.1 Å². The van der Waals surface area contributed by atoms with Gasteiger partial charge in [0, 0.05) is 41.8 Å². The molecule has 3 aromatic rings. The molecule has 0 unspecified atom stereocenters. The fourth-order valence-electron chi connectivity index (χ4n) is 4.56. The number of hydrogen-bond acceptors (Lipinski definition) is 1. The van der Waals surface area contributed by atoms with E-state index in [-0.39, 0.29) is 5.82 Å². The average Bonchev–Trinajstić information content (AvgIpc) is 2.93. The Morgan fingerprint density at radius 1 is 1.14 bits per heavy atom. The Labute approximate surface area is 170 Å². The Morgan fingerprint density at radius 2 is 1.93 bits per heavy atom. The standard InChI is InChI=1S/C24H24ClFN2/c1-27-12-11-24-22(14-27)20-13-18(25)7-10-23(20)28(24)15-21(16-3-2-4-16)17-5-8-19(26)9-6-17/h5-10,13,15-16H,2-4,11-12,14H2,1H3/b21-15+. The maximum absolute atomic E-state index is 13.5. The highest BCUT2D eigenvalue weighted by Gasteiger charge is 2.26. The third-order valence-corrected chi connectivity index (χ3v) is 6.57. The van der Waals surface area contributed by atoms with Crippen molar-refractivity contribution >= 4 is 34.3 Å². The van der Waals surface area contributed by atoms with E-state index in [9.17, 15) is 4.39 Å². The molecule has 2 heterocycles. The zero-order chi connectivity index (χ0) is 19.3. The summed E-state index contributed by atoms with van der Waals surface area (Å²) in [7, 11) is 2.17. The van der Waals surface area contributed by atoms with Gasteiger partial charge in [0.2, 0.25) is 0 Å². The second-order valence-corrected chi connectivity index (χ2v) is 8.60. The third-order valence-electron chi connectivity index (χ3n) is 6.33. The maximum atomic E-state index is 13.5. The molecule has 4 heteroatoms. The lowest BCUT2D eigenvalue weighted by Crippen LogP contribution is -2.27. The molecular formula is C24H24ClFN2. The molecule has 28 heavy (non-hydrogen) atoms. The molecule has 1 aromatic heterocycles. The summed E-state index contributed by atoms with van der Waals surface area (Å²) in [6, 6.07) is 13.2. The van der Waals surface area contributed by atoms with E-state index in [4.69, 9.17) is 11.6 Å². The van der Waals surface area contributed by atoms with Crippen molar-refractivity contribution in [1.82, 2.24) is 9.47 Å². The number of benzene rings is 2. The van der Waals surface area contributed by atoms with Gasteiger partial charge in [-0.25, -0.2) is 4.39 Å². The van der Waals surface area contributed by atoms with Crippen LogP contribution in [-0.4, -0.2) is 23.1 Å². The van der Waals surface area contributed by atoms with Gasteiger partial charge in [-0.15, -0.1) is 0 Å². The molecular weight excluding hydrogens is 371 g/mol. The lowest BCUT2D eigenvalue weighted by atomic mass is 9.77. The maximum Gasteiger partial charge on any atom is 0.123 e. The number of likely N-dealkylation sites (N-methyl/N-ethyl adjacent to an activating group) is 1. The van der Waals surface area contributed by atoms with Crippen molar-refractivity contribution in [2.75, 3.05) is 13.6 Å². The molecule has 0 amide bonds. The fraction of sp³-hybridized carbons (Fsp3) is 0.333. The second kappa shape index (κ2) is 7.06. The van der Waals surface area contributed by atoms with Crippen LogP contribution in [-0.2, 0) is 13.0 Å². The predicted octanol–water partition coefficient (Wildman–Crippen LogP) is 6.22. The summed E-state index contributed by atoms with van der Waals surface area (Å²) >= 11 is 6.33. The largest absolute Gasteiger partial charge is 0.320 e. The van der Waals surface area contributed by atoms with Crippen LogP contribution in [0, 0.1) is 11.7 Å². The first-order valence-electron chi connectivity index (χ1n) is 10.1. The van der Waals surface area contributed by atoms with Crippen LogP contribution in [0.25, 0.3) is 22.7 Å². The van der Waals surface area contributed by atoms with E-state index in [1.807, 2.05) is 18.2 Å². The molecule has 0 N–H and O–H groups in total. The summed E-state index contributed by atoms with van der Waals surface area (Å²) in [6.45, 7) is 2.00. The Hall–Kier alpha value is -2.10. The Bertz CT molecular complexity index is 1060. The van der Waals surface area contributed by atoms with Crippen LogP contribution in [0.2, 0.25) is 5.02 Å². The molecule has 0 radical (unpaired) electrons. The molecule has 1 aliphatic carbocycles. The minimum atomic E-state index is -0.182. The van der Waals surface area contributed by atoms with Gasteiger partial charge in [0.1, 0.15) is 5.82 Å². The van der Waals surface area contributed by atoms with Gasteiger partial charge in [-0.05, 0) is 72.8 Å². The number of fused-ring (bicyclic) bond motifs is 3. The summed E-state index contributed by atoms with van der Waals surface area (Å²) in [4.78, 5) is 2.36. The highest BCUT2D eigenvalue weighted by molar-refractivity contribution is 6.31. The van der Waals surface area contributed by atoms with Gasteiger partial charge in [-0.3, -0.25) is 0 Å². The molecule has 1 fully saturated rings. The number of allylic oxidation sites excluding steroid dienone is 1. The summed E-state index contributed by atoms with van der Waals surface area (Å²) in [5.41, 5.74) is 6.43. The van der Waals surface area contributed by atoms with E-state index in [0.29, 0.717) is 5.92 Å². The van der Waals surface area contributed by atoms with E-state index in [2.05, 4.69) is 34.8 Å². The van der Waals surface area contributed by atoms with Crippen LogP contribution in [0.15, 0.2) is 42.5 Å². The molecule has 1 aliphatic heterocycles.